The van der Waals surface area contributed by atoms with Crippen LogP contribution in [0, 0.1) is 0 Å². The van der Waals surface area contributed by atoms with Gasteiger partial charge in [-0.25, -0.2) is 9.97 Å². The van der Waals surface area contributed by atoms with E-state index in [-0.39, 0.29) is 11.9 Å². The zero-order chi connectivity index (χ0) is 16.8. The molecule has 24 heavy (non-hydrogen) atoms. The van der Waals surface area contributed by atoms with E-state index in [0.29, 0.717) is 18.1 Å². The third-order valence-corrected chi connectivity index (χ3v) is 3.57. The fourth-order valence-corrected chi connectivity index (χ4v) is 2.26. The van der Waals surface area contributed by atoms with Gasteiger partial charge in [-0.1, -0.05) is 30.3 Å². The first-order valence-corrected chi connectivity index (χ1v) is 7.66. The monoisotopic (exact) mass is 322 g/mol. The minimum atomic E-state index is -0.241. The van der Waals surface area contributed by atoms with Gasteiger partial charge >= 0.3 is 0 Å². The molecule has 6 nitrogen and oxygen atoms in total. The molecule has 0 saturated carbocycles. The minimum Gasteiger partial charge on any atom is -0.467 e. The van der Waals surface area contributed by atoms with Crippen molar-refractivity contribution >= 4 is 11.7 Å². The van der Waals surface area contributed by atoms with Crippen LogP contribution in [0.2, 0.25) is 0 Å². The van der Waals surface area contributed by atoms with Crippen LogP contribution in [0.5, 0.6) is 0 Å². The number of furan rings is 1. The van der Waals surface area contributed by atoms with Crippen LogP contribution in [0.15, 0.2) is 65.5 Å². The van der Waals surface area contributed by atoms with Gasteiger partial charge in [0.25, 0.3) is 5.91 Å². The second-order valence-corrected chi connectivity index (χ2v) is 5.33. The third-order valence-electron chi connectivity index (χ3n) is 3.57. The molecule has 3 aromatic rings. The van der Waals surface area contributed by atoms with Crippen LogP contribution >= 0.6 is 0 Å². The molecule has 0 saturated heterocycles. The van der Waals surface area contributed by atoms with Crippen molar-refractivity contribution in [1.29, 1.82) is 0 Å². The van der Waals surface area contributed by atoms with Gasteiger partial charge in [0, 0.05) is 6.07 Å². The molecule has 122 valence electrons. The highest BCUT2D eigenvalue weighted by Crippen LogP contribution is 2.13. The van der Waals surface area contributed by atoms with Crippen molar-refractivity contribution in [2.45, 2.75) is 19.5 Å². The number of anilines is 1. The van der Waals surface area contributed by atoms with E-state index < -0.39 is 0 Å². The van der Waals surface area contributed by atoms with Crippen LogP contribution < -0.4 is 10.6 Å². The predicted molar refractivity (Wildman–Crippen MR) is 90.4 cm³/mol. The standard InChI is InChI=1S/C18H18N4O2/c1-13(14-6-3-2-4-7-14)22-18(23)16-10-17(21-12-20-16)19-11-15-8-5-9-24-15/h2-10,12-13H,11H2,1H3,(H,22,23)(H,19,20,21). The summed E-state index contributed by atoms with van der Waals surface area (Å²) in [5.74, 6) is 1.12. The average molecular weight is 322 g/mol. The lowest BCUT2D eigenvalue weighted by Gasteiger charge is -2.14. The summed E-state index contributed by atoms with van der Waals surface area (Å²) in [5.41, 5.74) is 1.35. The van der Waals surface area contributed by atoms with E-state index in [1.807, 2.05) is 49.4 Å². The molecule has 3 rings (SSSR count). The number of nitrogens with zero attached hydrogens (tertiary/aromatic N) is 2. The number of hydrogen-bond donors (Lipinski definition) is 2. The maximum atomic E-state index is 12.4. The minimum absolute atomic E-state index is 0.104. The van der Waals surface area contributed by atoms with E-state index in [1.165, 1.54) is 6.33 Å². The Morgan fingerprint density at radius 2 is 2.00 bits per heavy atom. The van der Waals surface area contributed by atoms with Crippen molar-refractivity contribution in [3.63, 3.8) is 0 Å². The SMILES string of the molecule is CC(NC(=O)c1cc(NCc2ccco2)ncn1)c1ccccc1. The molecular weight excluding hydrogens is 304 g/mol. The number of aromatic nitrogens is 2. The Labute approximate surface area is 140 Å². The van der Waals surface area contributed by atoms with Gasteiger partial charge < -0.3 is 15.1 Å². The number of hydrogen-bond acceptors (Lipinski definition) is 5. The van der Waals surface area contributed by atoms with Crippen molar-refractivity contribution in [2.24, 2.45) is 0 Å². The first-order valence-electron chi connectivity index (χ1n) is 7.66. The number of benzene rings is 1. The van der Waals surface area contributed by atoms with E-state index in [0.717, 1.165) is 11.3 Å². The molecule has 0 bridgehead atoms. The summed E-state index contributed by atoms with van der Waals surface area (Å²) in [6, 6.07) is 15.0. The summed E-state index contributed by atoms with van der Waals surface area (Å²) in [7, 11) is 0. The van der Waals surface area contributed by atoms with Crippen LogP contribution in [0.1, 0.15) is 34.8 Å². The summed E-state index contributed by atoms with van der Waals surface area (Å²) in [5, 5.41) is 6.04. The molecule has 1 atom stereocenters. The largest absolute Gasteiger partial charge is 0.467 e. The molecule has 1 unspecified atom stereocenters. The van der Waals surface area contributed by atoms with Crippen LogP contribution in [0.25, 0.3) is 0 Å². The summed E-state index contributed by atoms with van der Waals surface area (Å²) < 4.78 is 5.25. The molecule has 0 fully saturated rings. The van der Waals surface area contributed by atoms with Gasteiger partial charge in [0.05, 0.1) is 18.8 Å². The number of carbonyl (C=O) groups excluding carboxylic acids is 1. The van der Waals surface area contributed by atoms with E-state index >= 15 is 0 Å². The fourth-order valence-electron chi connectivity index (χ4n) is 2.26. The van der Waals surface area contributed by atoms with Gasteiger partial charge in [-0.15, -0.1) is 0 Å². The van der Waals surface area contributed by atoms with E-state index in [9.17, 15) is 4.79 Å². The second kappa shape index (κ2) is 7.41. The molecule has 2 heterocycles. The molecule has 0 spiro atoms. The summed E-state index contributed by atoms with van der Waals surface area (Å²) >= 11 is 0. The van der Waals surface area contributed by atoms with Gasteiger partial charge in [-0.2, -0.15) is 0 Å². The molecule has 0 aliphatic rings. The Balaban J connectivity index is 1.63. The van der Waals surface area contributed by atoms with Crippen LogP contribution in [-0.4, -0.2) is 15.9 Å². The molecule has 2 N–H and O–H groups in total. The molecule has 0 radical (unpaired) electrons. The topological polar surface area (TPSA) is 80.0 Å². The Morgan fingerprint density at radius 3 is 2.75 bits per heavy atom. The molecule has 1 amide bonds. The van der Waals surface area contributed by atoms with Crippen molar-refractivity contribution < 1.29 is 9.21 Å². The number of rotatable bonds is 6. The highest BCUT2D eigenvalue weighted by Gasteiger charge is 2.13. The highest BCUT2D eigenvalue weighted by molar-refractivity contribution is 5.93. The Kier molecular flexibility index (Phi) is 4.86. The van der Waals surface area contributed by atoms with Crippen LogP contribution in [-0.2, 0) is 6.54 Å². The average Bonchev–Trinajstić information content (AvgIpc) is 3.14. The van der Waals surface area contributed by atoms with Gasteiger partial charge in [-0.05, 0) is 24.6 Å². The Hall–Kier alpha value is -3.15. The van der Waals surface area contributed by atoms with Crippen LogP contribution in [0.3, 0.4) is 0 Å². The second-order valence-electron chi connectivity index (χ2n) is 5.33. The van der Waals surface area contributed by atoms with Gasteiger partial charge in [0.1, 0.15) is 23.6 Å². The quantitative estimate of drug-likeness (QED) is 0.728. The first kappa shape index (κ1) is 15.7. The third kappa shape index (κ3) is 3.98. The van der Waals surface area contributed by atoms with Gasteiger partial charge in [-0.3, -0.25) is 4.79 Å². The van der Waals surface area contributed by atoms with Crippen molar-refractivity contribution in [3.8, 4) is 0 Å². The van der Waals surface area contributed by atoms with Gasteiger partial charge in [0.15, 0.2) is 0 Å². The van der Waals surface area contributed by atoms with E-state index in [1.54, 1.807) is 12.3 Å². The summed E-state index contributed by atoms with van der Waals surface area (Å²) in [6.45, 7) is 2.43. The molecule has 0 aliphatic carbocycles. The van der Waals surface area contributed by atoms with Crippen molar-refractivity contribution in [3.05, 3.63) is 78.1 Å². The maximum absolute atomic E-state index is 12.4. The predicted octanol–water partition coefficient (Wildman–Crippen LogP) is 3.17. The molecule has 0 aliphatic heterocycles. The summed E-state index contributed by atoms with van der Waals surface area (Å²) in [6.07, 6.45) is 2.98. The number of nitrogens with one attached hydrogen (secondary N) is 2. The zero-order valence-electron chi connectivity index (χ0n) is 13.3. The lowest BCUT2D eigenvalue weighted by molar-refractivity contribution is 0.0934. The van der Waals surface area contributed by atoms with Crippen molar-refractivity contribution in [1.82, 2.24) is 15.3 Å². The molecular formula is C18H18N4O2. The van der Waals surface area contributed by atoms with E-state index in [4.69, 9.17) is 4.42 Å². The normalized spacial score (nSPS) is 11.7. The highest BCUT2D eigenvalue weighted by atomic mass is 16.3. The molecule has 6 heteroatoms. The smallest absolute Gasteiger partial charge is 0.270 e. The zero-order valence-corrected chi connectivity index (χ0v) is 13.3. The fraction of sp³-hybridized carbons (Fsp3) is 0.167. The van der Waals surface area contributed by atoms with Crippen LogP contribution in [0.4, 0.5) is 5.82 Å². The number of amides is 1. The Morgan fingerprint density at radius 1 is 1.17 bits per heavy atom. The summed E-state index contributed by atoms with van der Waals surface area (Å²) in [4.78, 5) is 20.5. The lowest BCUT2D eigenvalue weighted by atomic mass is 10.1. The maximum Gasteiger partial charge on any atom is 0.270 e. The molecule has 1 aromatic carbocycles. The molecule has 2 aromatic heterocycles. The lowest BCUT2D eigenvalue weighted by Crippen LogP contribution is -2.27. The van der Waals surface area contributed by atoms with Crippen molar-refractivity contribution in [2.75, 3.05) is 5.32 Å². The van der Waals surface area contributed by atoms with Gasteiger partial charge in [0.2, 0.25) is 0 Å². The first-order chi connectivity index (χ1) is 11.7. The number of carbonyl (C=O) groups is 1. The van der Waals surface area contributed by atoms with E-state index in [2.05, 4.69) is 20.6 Å². The Bertz CT molecular complexity index is 788.